The van der Waals surface area contributed by atoms with E-state index in [1.807, 2.05) is 0 Å². The fourth-order valence-corrected chi connectivity index (χ4v) is 2.20. The van der Waals surface area contributed by atoms with Crippen LogP contribution in [0.4, 0.5) is 0 Å². The highest BCUT2D eigenvalue weighted by atomic mass is 16.2. The minimum absolute atomic E-state index is 0.0101. The van der Waals surface area contributed by atoms with Crippen LogP contribution >= 0.6 is 0 Å². The molecule has 3 N–H and O–H groups in total. The summed E-state index contributed by atoms with van der Waals surface area (Å²) in [7, 11) is 0. The molecule has 0 fully saturated rings. The molecule has 0 aromatic carbocycles. The van der Waals surface area contributed by atoms with Crippen molar-refractivity contribution in [1.82, 2.24) is 10.2 Å². The minimum atomic E-state index is -0.370. The van der Waals surface area contributed by atoms with E-state index in [2.05, 4.69) is 44.8 Å². The van der Waals surface area contributed by atoms with Crippen molar-refractivity contribution in [3.63, 3.8) is 0 Å². The van der Waals surface area contributed by atoms with E-state index in [1.54, 1.807) is 0 Å². The normalized spacial score (nSPS) is 14.7. The lowest BCUT2D eigenvalue weighted by atomic mass is 10.0. The molecule has 0 saturated heterocycles. The molecule has 2 atom stereocenters. The Hall–Kier alpha value is -0.610. The lowest BCUT2D eigenvalue weighted by molar-refractivity contribution is -0.123. The molecule has 0 saturated carbocycles. The standard InChI is InChI=1S/C15H33N3O/c1-6-18(7-2)10-8-9-13(5)17-15(19)14(16)11-12(3)4/h12-14H,6-11,16H2,1-5H3,(H,17,19)/t13?,14-/m1/s1. The molecule has 0 bridgehead atoms. The lowest BCUT2D eigenvalue weighted by Gasteiger charge is -2.21. The van der Waals surface area contributed by atoms with Gasteiger partial charge in [0, 0.05) is 6.04 Å². The molecule has 0 rings (SSSR count). The average Bonchev–Trinajstić information content (AvgIpc) is 2.33. The van der Waals surface area contributed by atoms with Crippen molar-refractivity contribution >= 4 is 5.91 Å². The average molecular weight is 271 g/mol. The third-order valence-electron chi connectivity index (χ3n) is 3.46. The van der Waals surface area contributed by atoms with Gasteiger partial charge in [0.2, 0.25) is 5.91 Å². The summed E-state index contributed by atoms with van der Waals surface area (Å²) in [5, 5.41) is 3.01. The molecule has 0 aliphatic carbocycles. The Bertz CT molecular complexity index is 240. The largest absolute Gasteiger partial charge is 0.352 e. The van der Waals surface area contributed by atoms with Crippen molar-refractivity contribution in [2.45, 2.75) is 66.0 Å². The maximum absolute atomic E-state index is 11.9. The first-order valence-corrected chi connectivity index (χ1v) is 7.68. The number of carbonyl (C=O) groups is 1. The summed E-state index contributed by atoms with van der Waals surface area (Å²) >= 11 is 0. The van der Waals surface area contributed by atoms with E-state index in [-0.39, 0.29) is 18.0 Å². The van der Waals surface area contributed by atoms with Gasteiger partial charge in [-0.25, -0.2) is 0 Å². The molecule has 0 aromatic heterocycles. The molecule has 1 unspecified atom stereocenters. The Morgan fingerprint density at radius 1 is 1.21 bits per heavy atom. The number of nitrogens with two attached hydrogens (primary N) is 1. The zero-order valence-corrected chi connectivity index (χ0v) is 13.4. The van der Waals surface area contributed by atoms with Crippen LogP contribution in [0.15, 0.2) is 0 Å². The molecule has 19 heavy (non-hydrogen) atoms. The smallest absolute Gasteiger partial charge is 0.237 e. The van der Waals surface area contributed by atoms with Gasteiger partial charge < -0.3 is 16.0 Å². The Labute approximate surface area is 119 Å². The monoisotopic (exact) mass is 271 g/mol. The summed E-state index contributed by atoms with van der Waals surface area (Å²) in [6.07, 6.45) is 2.87. The first-order chi connectivity index (χ1) is 8.90. The highest BCUT2D eigenvalue weighted by molar-refractivity contribution is 5.81. The van der Waals surface area contributed by atoms with Crippen molar-refractivity contribution < 1.29 is 4.79 Å². The maximum Gasteiger partial charge on any atom is 0.237 e. The molecule has 114 valence electrons. The second kappa shape index (κ2) is 10.2. The SMILES string of the molecule is CCN(CC)CCCC(C)NC(=O)[C@H](N)CC(C)C. The van der Waals surface area contributed by atoms with Crippen molar-refractivity contribution in [3.8, 4) is 0 Å². The Morgan fingerprint density at radius 2 is 1.79 bits per heavy atom. The van der Waals surface area contributed by atoms with Gasteiger partial charge in [0.25, 0.3) is 0 Å². The van der Waals surface area contributed by atoms with Crippen LogP contribution in [0.25, 0.3) is 0 Å². The first kappa shape index (κ1) is 18.4. The topological polar surface area (TPSA) is 58.4 Å². The Morgan fingerprint density at radius 3 is 2.26 bits per heavy atom. The van der Waals surface area contributed by atoms with Crippen LogP contribution < -0.4 is 11.1 Å². The van der Waals surface area contributed by atoms with Crippen LogP contribution in [-0.4, -0.2) is 42.5 Å². The van der Waals surface area contributed by atoms with Crippen LogP contribution in [-0.2, 0) is 4.79 Å². The molecular weight excluding hydrogens is 238 g/mol. The van der Waals surface area contributed by atoms with Gasteiger partial charge in [-0.15, -0.1) is 0 Å². The van der Waals surface area contributed by atoms with Gasteiger partial charge in [-0.2, -0.15) is 0 Å². The van der Waals surface area contributed by atoms with Gasteiger partial charge in [-0.1, -0.05) is 27.7 Å². The van der Waals surface area contributed by atoms with E-state index in [0.29, 0.717) is 5.92 Å². The summed E-state index contributed by atoms with van der Waals surface area (Å²) in [6, 6.07) is -0.161. The van der Waals surface area contributed by atoms with Gasteiger partial charge in [-0.05, 0) is 51.7 Å². The number of rotatable bonds is 10. The van der Waals surface area contributed by atoms with Crippen LogP contribution in [0, 0.1) is 5.92 Å². The Kier molecular flexibility index (Phi) is 9.88. The van der Waals surface area contributed by atoms with Gasteiger partial charge in [0.05, 0.1) is 6.04 Å². The van der Waals surface area contributed by atoms with Crippen molar-refractivity contribution in [2.24, 2.45) is 11.7 Å². The molecule has 4 heteroatoms. The molecule has 0 aliphatic rings. The zero-order valence-electron chi connectivity index (χ0n) is 13.4. The van der Waals surface area contributed by atoms with Crippen molar-refractivity contribution in [2.75, 3.05) is 19.6 Å². The van der Waals surface area contributed by atoms with Gasteiger partial charge in [0.1, 0.15) is 0 Å². The summed E-state index contributed by atoms with van der Waals surface area (Å²) in [5.74, 6) is 0.447. The third kappa shape index (κ3) is 9.00. The van der Waals surface area contributed by atoms with Crippen LogP contribution in [0.2, 0.25) is 0 Å². The Balaban J connectivity index is 3.84. The van der Waals surface area contributed by atoms with E-state index in [9.17, 15) is 4.79 Å². The highest BCUT2D eigenvalue weighted by Gasteiger charge is 2.16. The predicted octanol–water partition coefficient (Wildman–Crippen LogP) is 1.99. The number of nitrogens with one attached hydrogen (secondary N) is 1. The van der Waals surface area contributed by atoms with Gasteiger partial charge >= 0.3 is 0 Å². The lowest BCUT2D eigenvalue weighted by Crippen LogP contribution is -2.45. The van der Waals surface area contributed by atoms with E-state index < -0.39 is 0 Å². The molecule has 0 aromatic rings. The predicted molar refractivity (Wildman–Crippen MR) is 82.1 cm³/mol. The van der Waals surface area contributed by atoms with E-state index in [1.165, 1.54) is 0 Å². The molecular formula is C15H33N3O. The van der Waals surface area contributed by atoms with Crippen LogP contribution in [0.5, 0.6) is 0 Å². The quantitative estimate of drug-likeness (QED) is 0.639. The summed E-state index contributed by atoms with van der Waals surface area (Å²) in [6.45, 7) is 13.9. The molecule has 1 amide bonds. The van der Waals surface area contributed by atoms with Gasteiger partial charge in [-0.3, -0.25) is 4.79 Å². The third-order valence-corrected chi connectivity index (χ3v) is 3.46. The van der Waals surface area contributed by atoms with Crippen LogP contribution in [0.3, 0.4) is 0 Å². The number of hydrogen-bond donors (Lipinski definition) is 2. The zero-order chi connectivity index (χ0) is 14.8. The number of carbonyl (C=O) groups excluding carboxylic acids is 1. The second-order valence-corrected chi connectivity index (χ2v) is 5.81. The van der Waals surface area contributed by atoms with E-state index in [0.717, 1.165) is 38.9 Å². The van der Waals surface area contributed by atoms with E-state index in [4.69, 9.17) is 5.73 Å². The summed E-state index contributed by atoms with van der Waals surface area (Å²) in [4.78, 5) is 14.3. The molecule has 0 aliphatic heterocycles. The number of hydrogen-bond acceptors (Lipinski definition) is 3. The maximum atomic E-state index is 11.9. The summed E-state index contributed by atoms with van der Waals surface area (Å²) in [5.41, 5.74) is 5.87. The fourth-order valence-electron chi connectivity index (χ4n) is 2.20. The minimum Gasteiger partial charge on any atom is -0.352 e. The second-order valence-electron chi connectivity index (χ2n) is 5.81. The number of amides is 1. The molecule has 0 spiro atoms. The number of nitrogens with zero attached hydrogens (tertiary/aromatic N) is 1. The first-order valence-electron chi connectivity index (χ1n) is 7.68. The van der Waals surface area contributed by atoms with Gasteiger partial charge in [0.15, 0.2) is 0 Å². The molecule has 0 heterocycles. The van der Waals surface area contributed by atoms with Crippen molar-refractivity contribution in [3.05, 3.63) is 0 Å². The summed E-state index contributed by atoms with van der Waals surface area (Å²) < 4.78 is 0. The van der Waals surface area contributed by atoms with Crippen molar-refractivity contribution in [1.29, 1.82) is 0 Å². The molecule has 4 nitrogen and oxygen atoms in total. The highest BCUT2D eigenvalue weighted by Crippen LogP contribution is 2.04. The van der Waals surface area contributed by atoms with Crippen LogP contribution in [0.1, 0.15) is 53.9 Å². The molecule has 0 radical (unpaired) electrons. The van der Waals surface area contributed by atoms with E-state index >= 15 is 0 Å². The fraction of sp³-hybridized carbons (Fsp3) is 0.933.